The second-order valence-electron chi connectivity index (χ2n) is 5.66. The van der Waals surface area contributed by atoms with Crippen LogP contribution in [0.15, 0.2) is 12.5 Å². The molecule has 0 aliphatic carbocycles. The molecule has 0 bridgehead atoms. The molecule has 0 saturated heterocycles. The Balaban J connectivity index is 2.43. The van der Waals surface area contributed by atoms with E-state index in [9.17, 15) is 9.59 Å². The Kier molecular flexibility index (Phi) is 6.71. The van der Waals surface area contributed by atoms with Crippen LogP contribution in [0, 0.1) is 5.92 Å². The molecule has 1 unspecified atom stereocenters. The first-order chi connectivity index (χ1) is 9.88. The van der Waals surface area contributed by atoms with Crippen molar-refractivity contribution in [2.24, 2.45) is 5.92 Å². The Morgan fingerprint density at radius 3 is 2.52 bits per heavy atom. The van der Waals surface area contributed by atoms with Crippen LogP contribution < -0.4 is 10.6 Å². The highest BCUT2D eigenvalue weighted by atomic mass is 16.4. The number of hydrogen-bond acceptors (Lipinski definition) is 3. The number of carboxylic acid groups (broad SMARTS) is 1. The second kappa shape index (κ2) is 8.28. The van der Waals surface area contributed by atoms with Crippen molar-refractivity contribution in [3.05, 3.63) is 18.2 Å². The lowest BCUT2D eigenvalue weighted by Gasteiger charge is -2.18. The summed E-state index contributed by atoms with van der Waals surface area (Å²) in [4.78, 5) is 29.7. The van der Waals surface area contributed by atoms with E-state index in [0.717, 1.165) is 12.8 Å². The molecule has 0 aliphatic rings. The molecule has 0 spiro atoms. The van der Waals surface area contributed by atoms with Crippen molar-refractivity contribution in [2.75, 3.05) is 0 Å². The number of carbonyl (C=O) groups is 2. The summed E-state index contributed by atoms with van der Waals surface area (Å²) in [6.45, 7) is 6.15. The minimum absolute atomic E-state index is 0.00833. The Morgan fingerprint density at radius 2 is 2.00 bits per heavy atom. The molecular formula is C14H24N4O3. The van der Waals surface area contributed by atoms with E-state index in [-0.39, 0.29) is 12.5 Å². The van der Waals surface area contributed by atoms with Gasteiger partial charge in [-0.3, -0.25) is 0 Å². The lowest BCUT2D eigenvalue weighted by Crippen LogP contribution is -2.49. The zero-order valence-corrected chi connectivity index (χ0v) is 12.7. The summed E-state index contributed by atoms with van der Waals surface area (Å²) in [5.41, 5.74) is 0.663. The lowest BCUT2D eigenvalue weighted by molar-refractivity contribution is -0.139. The van der Waals surface area contributed by atoms with E-state index in [0.29, 0.717) is 11.6 Å². The van der Waals surface area contributed by atoms with Crippen molar-refractivity contribution in [1.82, 2.24) is 20.6 Å². The fourth-order valence-electron chi connectivity index (χ4n) is 1.90. The predicted molar refractivity (Wildman–Crippen MR) is 78.9 cm³/mol. The number of carboxylic acids is 1. The first-order valence-electron chi connectivity index (χ1n) is 7.15. The van der Waals surface area contributed by atoms with Crippen LogP contribution in [0.5, 0.6) is 0 Å². The highest BCUT2D eigenvalue weighted by Gasteiger charge is 2.21. The molecule has 0 radical (unpaired) electrons. The molecule has 0 aromatic carbocycles. The zero-order chi connectivity index (χ0) is 15.8. The molecule has 1 rings (SSSR count). The van der Waals surface area contributed by atoms with Gasteiger partial charge in [-0.05, 0) is 25.7 Å². The fraction of sp³-hybridized carbons (Fsp3) is 0.643. The number of aromatic nitrogens is 2. The average molecular weight is 296 g/mol. The molecule has 0 saturated carbocycles. The predicted octanol–water partition coefficient (Wildman–Crippen LogP) is 1.53. The van der Waals surface area contributed by atoms with Crippen LogP contribution in [0.1, 0.15) is 39.3 Å². The van der Waals surface area contributed by atoms with Crippen LogP contribution in [-0.4, -0.2) is 39.2 Å². The number of nitrogens with one attached hydrogen (secondary N) is 3. The number of urea groups is 1. The van der Waals surface area contributed by atoms with Crippen LogP contribution in [0.25, 0.3) is 0 Å². The maximum atomic E-state index is 11.8. The van der Waals surface area contributed by atoms with Gasteiger partial charge in [0, 0.05) is 24.4 Å². The Labute approximate surface area is 124 Å². The van der Waals surface area contributed by atoms with Gasteiger partial charge in [0.25, 0.3) is 0 Å². The van der Waals surface area contributed by atoms with Crippen LogP contribution >= 0.6 is 0 Å². The van der Waals surface area contributed by atoms with E-state index in [1.165, 1.54) is 6.33 Å². The van der Waals surface area contributed by atoms with E-state index >= 15 is 0 Å². The molecule has 7 heteroatoms. The number of imidazole rings is 1. The van der Waals surface area contributed by atoms with E-state index < -0.39 is 18.0 Å². The SMILES string of the molecule is CC(C)CCC(C)NC(=O)N[C@H](Cc1cnc[nH]1)C(=O)O. The first kappa shape index (κ1) is 17.0. The van der Waals surface area contributed by atoms with Crippen molar-refractivity contribution >= 4 is 12.0 Å². The number of H-pyrrole nitrogens is 1. The molecule has 1 heterocycles. The molecule has 1 aromatic heterocycles. The summed E-state index contributed by atoms with van der Waals surface area (Å²) < 4.78 is 0. The minimum Gasteiger partial charge on any atom is -0.480 e. The number of carbonyl (C=O) groups excluding carboxylic acids is 1. The van der Waals surface area contributed by atoms with E-state index in [1.54, 1.807) is 6.20 Å². The van der Waals surface area contributed by atoms with Gasteiger partial charge in [0.2, 0.25) is 0 Å². The van der Waals surface area contributed by atoms with Crippen molar-refractivity contribution in [3.8, 4) is 0 Å². The summed E-state index contributed by atoms with van der Waals surface area (Å²) >= 11 is 0. The standard InChI is InChI=1S/C14H24N4O3/c1-9(2)4-5-10(3)17-14(21)18-12(13(19)20)6-11-7-15-8-16-11/h7-10,12H,4-6H2,1-3H3,(H,15,16)(H,19,20)(H2,17,18,21)/t10?,12-/m1/s1. The van der Waals surface area contributed by atoms with Crippen molar-refractivity contribution < 1.29 is 14.7 Å². The number of nitrogens with zero attached hydrogens (tertiary/aromatic N) is 1. The third kappa shape index (κ3) is 6.78. The largest absolute Gasteiger partial charge is 0.480 e. The maximum absolute atomic E-state index is 11.8. The van der Waals surface area contributed by atoms with E-state index in [1.807, 2.05) is 6.92 Å². The van der Waals surface area contributed by atoms with Gasteiger partial charge in [0.15, 0.2) is 0 Å². The molecule has 118 valence electrons. The molecular weight excluding hydrogens is 272 g/mol. The maximum Gasteiger partial charge on any atom is 0.326 e. The average Bonchev–Trinajstić information content (AvgIpc) is 2.88. The molecule has 2 amide bonds. The van der Waals surface area contributed by atoms with Gasteiger partial charge in [-0.25, -0.2) is 14.6 Å². The Morgan fingerprint density at radius 1 is 1.29 bits per heavy atom. The topological polar surface area (TPSA) is 107 Å². The highest BCUT2D eigenvalue weighted by molar-refractivity contribution is 5.82. The minimum atomic E-state index is -1.07. The molecule has 7 nitrogen and oxygen atoms in total. The number of aliphatic carboxylic acids is 1. The Bertz CT molecular complexity index is 445. The molecule has 21 heavy (non-hydrogen) atoms. The smallest absolute Gasteiger partial charge is 0.326 e. The zero-order valence-electron chi connectivity index (χ0n) is 12.7. The second-order valence-corrected chi connectivity index (χ2v) is 5.66. The normalized spacial score (nSPS) is 13.7. The van der Waals surface area contributed by atoms with Crippen molar-refractivity contribution in [1.29, 1.82) is 0 Å². The summed E-state index contributed by atoms with van der Waals surface area (Å²) in [5, 5.41) is 14.4. The molecule has 1 aromatic rings. The molecule has 4 N–H and O–H groups in total. The number of rotatable bonds is 8. The number of hydrogen-bond donors (Lipinski definition) is 4. The van der Waals surface area contributed by atoms with E-state index in [2.05, 4.69) is 34.4 Å². The van der Waals surface area contributed by atoms with Gasteiger partial charge < -0.3 is 20.7 Å². The van der Waals surface area contributed by atoms with Crippen molar-refractivity contribution in [2.45, 2.75) is 52.1 Å². The van der Waals surface area contributed by atoms with Gasteiger partial charge in [-0.2, -0.15) is 0 Å². The summed E-state index contributed by atoms with van der Waals surface area (Å²) in [7, 11) is 0. The van der Waals surface area contributed by atoms with Gasteiger partial charge in [0.05, 0.1) is 6.33 Å². The van der Waals surface area contributed by atoms with Crippen LogP contribution in [0.4, 0.5) is 4.79 Å². The third-order valence-electron chi connectivity index (χ3n) is 3.14. The van der Waals surface area contributed by atoms with Crippen LogP contribution in [0.3, 0.4) is 0 Å². The van der Waals surface area contributed by atoms with Gasteiger partial charge in [-0.1, -0.05) is 13.8 Å². The fourth-order valence-corrected chi connectivity index (χ4v) is 1.90. The summed E-state index contributed by atoms with van der Waals surface area (Å²) in [5.74, 6) is -0.501. The quantitative estimate of drug-likeness (QED) is 0.583. The van der Waals surface area contributed by atoms with Gasteiger partial charge in [0.1, 0.15) is 6.04 Å². The highest BCUT2D eigenvalue weighted by Crippen LogP contribution is 2.06. The number of amides is 2. The van der Waals surface area contributed by atoms with Crippen molar-refractivity contribution in [3.63, 3.8) is 0 Å². The van der Waals surface area contributed by atoms with Gasteiger partial charge in [-0.15, -0.1) is 0 Å². The lowest BCUT2D eigenvalue weighted by atomic mass is 10.0. The monoisotopic (exact) mass is 296 g/mol. The molecule has 0 fully saturated rings. The van der Waals surface area contributed by atoms with Crippen LogP contribution in [0.2, 0.25) is 0 Å². The summed E-state index contributed by atoms with van der Waals surface area (Å²) in [6, 6.07) is -1.44. The van der Waals surface area contributed by atoms with E-state index in [4.69, 9.17) is 5.11 Å². The van der Waals surface area contributed by atoms with Crippen LogP contribution in [-0.2, 0) is 11.2 Å². The third-order valence-corrected chi connectivity index (χ3v) is 3.14. The molecule has 0 aliphatic heterocycles. The Hall–Kier alpha value is -2.05. The first-order valence-corrected chi connectivity index (χ1v) is 7.15. The number of aromatic amines is 1. The molecule has 2 atom stereocenters. The summed E-state index contributed by atoms with van der Waals surface area (Å²) in [6.07, 6.45) is 5.06. The van der Waals surface area contributed by atoms with Gasteiger partial charge >= 0.3 is 12.0 Å².